The number of hydrogen-bond donors (Lipinski definition) is 0. The zero-order valence-corrected chi connectivity index (χ0v) is 11.5. The van der Waals surface area contributed by atoms with Gasteiger partial charge in [0.2, 0.25) is 0 Å². The first-order chi connectivity index (χ1) is 8.20. The van der Waals surface area contributed by atoms with Crippen LogP contribution in [-0.2, 0) is 4.74 Å². The van der Waals surface area contributed by atoms with Gasteiger partial charge in [0, 0.05) is 50.4 Å². The van der Waals surface area contributed by atoms with Gasteiger partial charge in [-0.15, -0.1) is 0 Å². The van der Waals surface area contributed by atoms with Crippen molar-refractivity contribution in [2.24, 2.45) is 0 Å². The van der Waals surface area contributed by atoms with Crippen molar-refractivity contribution in [1.82, 2.24) is 9.80 Å². The van der Waals surface area contributed by atoms with E-state index in [1.807, 2.05) is 28.6 Å². The monoisotopic (exact) mass is 258 g/mol. The predicted octanol–water partition coefficient (Wildman–Crippen LogP) is 1.65. The Morgan fingerprint density at radius 2 is 2.12 bits per heavy atom. The van der Waals surface area contributed by atoms with E-state index in [0.717, 1.165) is 44.1 Å². The molecule has 1 unspecified atom stereocenters. The summed E-state index contributed by atoms with van der Waals surface area (Å²) < 4.78 is 5.34. The summed E-state index contributed by atoms with van der Waals surface area (Å²) in [5.74, 6) is 2.13. The van der Waals surface area contributed by atoms with Crippen LogP contribution in [0.2, 0.25) is 0 Å². The Hall–Kier alpha value is -0.420. The number of nitrogens with zero attached hydrogens (tertiary/aromatic N) is 2. The minimum absolute atomic E-state index is 0.199. The van der Waals surface area contributed by atoms with E-state index < -0.39 is 0 Å². The fourth-order valence-corrected chi connectivity index (χ4v) is 3.46. The molecule has 0 aliphatic carbocycles. The molecule has 2 rings (SSSR count). The number of carbonyl (C=O) groups excluding carboxylic acids is 1. The lowest BCUT2D eigenvalue weighted by Gasteiger charge is -2.39. The number of ether oxygens (including phenoxy) is 1. The quantitative estimate of drug-likeness (QED) is 0.717. The fraction of sp³-hybridized carbons (Fsp3) is 0.917. The van der Waals surface area contributed by atoms with Gasteiger partial charge in [0.1, 0.15) is 0 Å². The summed E-state index contributed by atoms with van der Waals surface area (Å²) in [4.78, 5) is 16.4. The van der Waals surface area contributed by atoms with Crippen LogP contribution in [0.3, 0.4) is 0 Å². The van der Waals surface area contributed by atoms with Crippen molar-refractivity contribution in [3.8, 4) is 0 Å². The summed E-state index contributed by atoms with van der Waals surface area (Å²) in [6.07, 6.45) is 1.94. The average Bonchev–Trinajstić information content (AvgIpc) is 2.39. The summed E-state index contributed by atoms with van der Waals surface area (Å²) in [7, 11) is 1.94. The number of thioether (sulfide) groups is 1. The van der Waals surface area contributed by atoms with Gasteiger partial charge in [0.15, 0.2) is 0 Å². The van der Waals surface area contributed by atoms with E-state index in [0.29, 0.717) is 12.1 Å². The molecule has 0 aromatic carbocycles. The summed E-state index contributed by atoms with van der Waals surface area (Å²) in [5.41, 5.74) is 0. The summed E-state index contributed by atoms with van der Waals surface area (Å²) in [5, 5.41) is 0. The molecule has 2 amide bonds. The lowest BCUT2D eigenvalue weighted by Crippen LogP contribution is -2.53. The Kier molecular flexibility index (Phi) is 4.56. The van der Waals surface area contributed by atoms with Gasteiger partial charge in [-0.3, -0.25) is 0 Å². The molecular weight excluding hydrogens is 236 g/mol. The van der Waals surface area contributed by atoms with E-state index in [1.165, 1.54) is 0 Å². The highest BCUT2D eigenvalue weighted by molar-refractivity contribution is 7.99. The highest BCUT2D eigenvalue weighted by Gasteiger charge is 2.30. The third-order valence-electron chi connectivity index (χ3n) is 3.65. The molecule has 17 heavy (non-hydrogen) atoms. The molecule has 2 fully saturated rings. The van der Waals surface area contributed by atoms with Gasteiger partial charge in [-0.25, -0.2) is 4.79 Å². The second-order valence-electron chi connectivity index (χ2n) is 4.85. The third kappa shape index (κ3) is 3.07. The summed E-state index contributed by atoms with van der Waals surface area (Å²) >= 11 is 1.94. The van der Waals surface area contributed by atoms with Crippen LogP contribution in [0.1, 0.15) is 19.8 Å². The molecule has 98 valence electrons. The molecule has 0 bridgehead atoms. The second kappa shape index (κ2) is 5.96. The minimum Gasteiger partial charge on any atom is -0.381 e. The molecule has 0 spiro atoms. The predicted molar refractivity (Wildman–Crippen MR) is 70.5 cm³/mol. The molecule has 2 saturated heterocycles. The van der Waals surface area contributed by atoms with Gasteiger partial charge >= 0.3 is 6.03 Å². The van der Waals surface area contributed by atoms with Crippen molar-refractivity contribution in [3.63, 3.8) is 0 Å². The van der Waals surface area contributed by atoms with Gasteiger partial charge in [0.25, 0.3) is 0 Å². The zero-order valence-electron chi connectivity index (χ0n) is 10.7. The van der Waals surface area contributed by atoms with Crippen LogP contribution in [-0.4, -0.2) is 66.2 Å². The maximum atomic E-state index is 12.4. The van der Waals surface area contributed by atoms with Gasteiger partial charge in [0.05, 0.1) is 0 Å². The fourth-order valence-electron chi connectivity index (χ4n) is 2.44. The Morgan fingerprint density at radius 3 is 2.76 bits per heavy atom. The van der Waals surface area contributed by atoms with E-state index >= 15 is 0 Å². The van der Waals surface area contributed by atoms with Crippen LogP contribution >= 0.6 is 11.8 Å². The first-order valence-electron chi connectivity index (χ1n) is 6.39. The number of hydrogen-bond acceptors (Lipinski definition) is 3. The molecule has 0 N–H and O–H groups in total. The van der Waals surface area contributed by atoms with Crippen LogP contribution in [0, 0.1) is 0 Å². The van der Waals surface area contributed by atoms with Gasteiger partial charge in [-0.05, 0) is 19.8 Å². The average molecular weight is 258 g/mol. The maximum Gasteiger partial charge on any atom is 0.320 e. The minimum atomic E-state index is 0.199. The van der Waals surface area contributed by atoms with E-state index in [9.17, 15) is 4.79 Å². The molecule has 0 saturated carbocycles. The molecule has 0 aromatic rings. The number of rotatable bonds is 1. The third-order valence-corrected chi connectivity index (χ3v) is 4.84. The lowest BCUT2D eigenvalue weighted by molar-refractivity contribution is 0.0450. The molecule has 0 radical (unpaired) electrons. The van der Waals surface area contributed by atoms with Gasteiger partial charge in [-0.1, -0.05) is 0 Å². The van der Waals surface area contributed by atoms with E-state index in [-0.39, 0.29) is 6.03 Å². The molecule has 2 heterocycles. The number of urea groups is 1. The number of amides is 2. The van der Waals surface area contributed by atoms with Crippen molar-refractivity contribution in [2.45, 2.75) is 31.8 Å². The van der Waals surface area contributed by atoms with Crippen molar-refractivity contribution >= 4 is 17.8 Å². The van der Waals surface area contributed by atoms with Crippen LogP contribution < -0.4 is 0 Å². The van der Waals surface area contributed by atoms with Crippen molar-refractivity contribution in [3.05, 3.63) is 0 Å². The largest absolute Gasteiger partial charge is 0.381 e. The maximum absolute atomic E-state index is 12.4. The topological polar surface area (TPSA) is 32.8 Å². The molecular formula is C12H22N2O2S. The van der Waals surface area contributed by atoms with Crippen LogP contribution in [0.5, 0.6) is 0 Å². The first kappa shape index (κ1) is 13.0. The SMILES string of the molecule is CC1CSCCN1C(=O)N(C)C1CCOCC1. The van der Waals surface area contributed by atoms with Crippen LogP contribution in [0.15, 0.2) is 0 Å². The summed E-state index contributed by atoms with van der Waals surface area (Å²) in [6.45, 7) is 4.60. The Balaban J connectivity index is 1.92. The smallest absolute Gasteiger partial charge is 0.320 e. The number of carbonyl (C=O) groups is 1. The zero-order chi connectivity index (χ0) is 12.3. The molecule has 2 aliphatic heterocycles. The first-order valence-corrected chi connectivity index (χ1v) is 7.54. The van der Waals surface area contributed by atoms with Gasteiger partial charge in [-0.2, -0.15) is 11.8 Å². The normalized spacial score (nSPS) is 26.9. The second-order valence-corrected chi connectivity index (χ2v) is 6.00. The Bertz CT molecular complexity index is 269. The molecule has 0 aromatic heterocycles. The molecule has 2 aliphatic rings. The highest BCUT2D eigenvalue weighted by atomic mass is 32.2. The van der Waals surface area contributed by atoms with Gasteiger partial charge < -0.3 is 14.5 Å². The van der Waals surface area contributed by atoms with E-state index in [2.05, 4.69) is 6.92 Å². The van der Waals surface area contributed by atoms with Crippen LogP contribution in [0.25, 0.3) is 0 Å². The van der Waals surface area contributed by atoms with Crippen LogP contribution in [0.4, 0.5) is 4.79 Å². The molecule has 5 heteroatoms. The Morgan fingerprint density at radius 1 is 1.41 bits per heavy atom. The van der Waals surface area contributed by atoms with E-state index in [4.69, 9.17) is 4.74 Å². The van der Waals surface area contributed by atoms with Crippen molar-refractivity contribution < 1.29 is 9.53 Å². The van der Waals surface area contributed by atoms with Crippen molar-refractivity contribution in [1.29, 1.82) is 0 Å². The van der Waals surface area contributed by atoms with E-state index in [1.54, 1.807) is 0 Å². The van der Waals surface area contributed by atoms with Crippen molar-refractivity contribution in [2.75, 3.05) is 38.3 Å². The molecule has 4 nitrogen and oxygen atoms in total. The highest BCUT2D eigenvalue weighted by Crippen LogP contribution is 2.20. The summed E-state index contributed by atoms with van der Waals surface area (Å²) in [6, 6.07) is 0.922. The Labute approximate surface area is 108 Å². The standard InChI is InChI=1S/C12H22N2O2S/c1-10-9-17-8-5-14(10)12(15)13(2)11-3-6-16-7-4-11/h10-11H,3-9H2,1-2H3. The lowest BCUT2D eigenvalue weighted by atomic mass is 10.1. The molecule has 1 atom stereocenters.